The first-order valence-electron chi connectivity index (χ1n) is 11.1. The smallest absolute Gasteiger partial charge is 0.374 e. The van der Waals surface area contributed by atoms with Crippen LogP contribution in [0.4, 0.5) is 0 Å². The van der Waals surface area contributed by atoms with Gasteiger partial charge in [-0.2, -0.15) is 0 Å². The summed E-state index contributed by atoms with van der Waals surface area (Å²) in [5.74, 6) is 0. The van der Waals surface area contributed by atoms with Gasteiger partial charge in [-0.3, -0.25) is 0 Å². The first kappa shape index (κ1) is 25.1. The molecular weight excluding hydrogens is 328 g/mol. The molecule has 0 aromatic rings. The van der Waals surface area contributed by atoms with Crippen molar-refractivity contribution in [3.63, 3.8) is 0 Å². The average Bonchev–Trinajstić information content (AvgIpc) is 2.60. The minimum atomic E-state index is -2.43. The summed E-state index contributed by atoms with van der Waals surface area (Å²) in [6, 6.07) is 0.858. The molecule has 0 saturated carbocycles. The van der Waals surface area contributed by atoms with Gasteiger partial charge in [-0.05, 0) is 27.2 Å². The third kappa shape index (κ3) is 13.9. The zero-order chi connectivity index (χ0) is 18.8. The van der Waals surface area contributed by atoms with Crippen molar-refractivity contribution in [2.75, 3.05) is 13.2 Å². The molecule has 0 aliphatic heterocycles. The molecule has 0 aromatic heterocycles. The predicted octanol–water partition coefficient (Wildman–Crippen LogP) is 7.12. The van der Waals surface area contributed by atoms with E-state index in [9.17, 15) is 0 Å². The SMILES string of the molecule is CCCCCCCCCCCCCC(C)O[Si](CC)(OCC)OCC. The minimum Gasteiger partial charge on any atom is -0.374 e. The zero-order valence-electron chi connectivity index (χ0n) is 17.9. The summed E-state index contributed by atoms with van der Waals surface area (Å²) in [5.41, 5.74) is 0. The topological polar surface area (TPSA) is 27.7 Å². The second-order valence-electron chi connectivity index (χ2n) is 7.16. The highest BCUT2D eigenvalue weighted by atomic mass is 28.4. The monoisotopic (exact) mass is 374 g/mol. The first-order valence-corrected chi connectivity index (χ1v) is 13.0. The van der Waals surface area contributed by atoms with Crippen molar-refractivity contribution >= 4 is 8.80 Å². The molecule has 0 spiro atoms. The fourth-order valence-corrected chi connectivity index (χ4v) is 5.70. The van der Waals surface area contributed by atoms with Gasteiger partial charge in [-0.1, -0.05) is 84.5 Å². The molecule has 152 valence electrons. The fourth-order valence-electron chi connectivity index (χ4n) is 3.30. The minimum absolute atomic E-state index is 0.239. The number of hydrogen-bond donors (Lipinski definition) is 0. The van der Waals surface area contributed by atoms with Gasteiger partial charge in [0.2, 0.25) is 0 Å². The summed E-state index contributed by atoms with van der Waals surface area (Å²) in [6.45, 7) is 12.0. The van der Waals surface area contributed by atoms with E-state index in [0.717, 1.165) is 12.5 Å². The van der Waals surface area contributed by atoms with Crippen molar-refractivity contribution < 1.29 is 13.3 Å². The lowest BCUT2D eigenvalue weighted by molar-refractivity contribution is 0.0358. The molecule has 0 saturated heterocycles. The van der Waals surface area contributed by atoms with Gasteiger partial charge in [-0.25, -0.2) is 0 Å². The second kappa shape index (κ2) is 17.5. The van der Waals surface area contributed by atoms with E-state index in [1.807, 2.05) is 13.8 Å². The van der Waals surface area contributed by atoms with E-state index in [2.05, 4.69) is 20.8 Å². The zero-order valence-corrected chi connectivity index (χ0v) is 18.9. The van der Waals surface area contributed by atoms with Gasteiger partial charge < -0.3 is 13.3 Å². The second-order valence-corrected chi connectivity index (χ2v) is 10.0. The lowest BCUT2D eigenvalue weighted by Crippen LogP contribution is -2.47. The van der Waals surface area contributed by atoms with Gasteiger partial charge in [0, 0.05) is 25.4 Å². The van der Waals surface area contributed by atoms with E-state index in [1.54, 1.807) is 0 Å². The standard InChI is InChI=1S/C21H46O3Si/c1-6-10-11-12-13-14-15-16-17-18-19-20-21(5)24-25(9-4,22-7-2)23-8-3/h21H,6-20H2,1-5H3. The third-order valence-electron chi connectivity index (χ3n) is 4.76. The highest BCUT2D eigenvalue weighted by Gasteiger charge is 2.39. The molecule has 0 bridgehead atoms. The van der Waals surface area contributed by atoms with Crippen LogP contribution in [0.1, 0.15) is 112 Å². The van der Waals surface area contributed by atoms with Crippen LogP contribution in [0, 0.1) is 0 Å². The van der Waals surface area contributed by atoms with Gasteiger partial charge in [0.25, 0.3) is 0 Å². The summed E-state index contributed by atoms with van der Waals surface area (Å²) in [5, 5.41) is 0. The van der Waals surface area contributed by atoms with Crippen LogP contribution in [-0.4, -0.2) is 28.1 Å². The fraction of sp³-hybridized carbons (Fsp3) is 1.00. The highest BCUT2D eigenvalue weighted by Crippen LogP contribution is 2.20. The Balaban J connectivity index is 3.66. The van der Waals surface area contributed by atoms with Gasteiger partial charge >= 0.3 is 8.80 Å². The molecule has 25 heavy (non-hydrogen) atoms. The quantitative estimate of drug-likeness (QED) is 0.178. The average molecular weight is 375 g/mol. The molecular formula is C21H46O3Si. The molecule has 0 heterocycles. The highest BCUT2D eigenvalue weighted by molar-refractivity contribution is 6.60. The summed E-state index contributed by atoms with van der Waals surface area (Å²) in [4.78, 5) is 0. The molecule has 0 N–H and O–H groups in total. The van der Waals surface area contributed by atoms with Crippen LogP contribution in [0.3, 0.4) is 0 Å². The molecule has 0 aliphatic carbocycles. The Labute approximate surface area is 159 Å². The van der Waals surface area contributed by atoms with Crippen LogP contribution in [0.25, 0.3) is 0 Å². The Hall–Kier alpha value is 0.0969. The van der Waals surface area contributed by atoms with E-state index in [1.165, 1.54) is 70.6 Å². The van der Waals surface area contributed by atoms with E-state index in [0.29, 0.717) is 13.2 Å². The van der Waals surface area contributed by atoms with Gasteiger partial charge in [0.1, 0.15) is 0 Å². The van der Waals surface area contributed by atoms with Crippen molar-refractivity contribution in [1.29, 1.82) is 0 Å². The Morgan fingerprint density at radius 1 is 0.640 bits per heavy atom. The summed E-state index contributed by atoms with van der Waals surface area (Å²) in [7, 11) is -2.43. The van der Waals surface area contributed by atoms with Crippen molar-refractivity contribution in [1.82, 2.24) is 0 Å². The maximum Gasteiger partial charge on any atom is 0.500 e. The molecule has 3 nitrogen and oxygen atoms in total. The summed E-state index contributed by atoms with van der Waals surface area (Å²) >= 11 is 0. The van der Waals surface area contributed by atoms with Crippen LogP contribution in [0.5, 0.6) is 0 Å². The third-order valence-corrected chi connectivity index (χ3v) is 7.84. The van der Waals surface area contributed by atoms with Gasteiger partial charge in [0.15, 0.2) is 0 Å². The van der Waals surface area contributed by atoms with E-state index >= 15 is 0 Å². The molecule has 0 rings (SSSR count). The lowest BCUT2D eigenvalue weighted by atomic mass is 10.0. The van der Waals surface area contributed by atoms with E-state index < -0.39 is 8.80 Å². The Morgan fingerprint density at radius 2 is 1.08 bits per heavy atom. The Kier molecular flexibility index (Phi) is 17.6. The van der Waals surface area contributed by atoms with Crippen molar-refractivity contribution in [2.45, 2.75) is 124 Å². The van der Waals surface area contributed by atoms with Crippen LogP contribution in [-0.2, 0) is 13.3 Å². The number of hydrogen-bond acceptors (Lipinski definition) is 3. The summed E-state index contributed by atoms with van der Waals surface area (Å²) in [6.07, 6.45) is 16.6. The van der Waals surface area contributed by atoms with Crippen molar-refractivity contribution in [3.05, 3.63) is 0 Å². The maximum absolute atomic E-state index is 6.25. The molecule has 0 radical (unpaired) electrons. The number of unbranched alkanes of at least 4 members (excludes halogenated alkanes) is 10. The first-order chi connectivity index (χ1) is 12.1. The van der Waals surface area contributed by atoms with Crippen LogP contribution in [0.15, 0.2) is 0 Å². The normalized spacial score (nSPS) is 13.3. The van der Waals surface area contributed by atoms with E-state index in [4.69, 9.17) is 13.3 Å². The van der Waals surface area contributed by atoms with Gasteiger partial charge in [0.05, 0.1) is 0 Å². The molecule has 1 unspecified atom stereocenters. The lowest BCUT2D eigenvalue weighted by Gasteiger charge is -2.30. The predicted molar refractivity (Wildman–Crippen MR) is 111 cm³/mol. The summed E-state index contributed by atoms with van der Waals surface area (Å²) < 4.78 is 18.0. The Bertz CT molecular complexity index is 268. The maximum atomic E-state index is 6.25. The van der Waals surface area contributed by atoms with Crippen LogP contribution >= 0.6 is 0 Å². The molecule has 0 aliphatic rings. The number of rotatable bonds is 19. The molecule has 0 amide bonds. The molecule has 0 aromatic carbocycles. The van der Waals surface area contributed by atoms with Crippen molar-refractivity contribution in [3.8, 4) is 0 Å². The molecule has 0 fully saturated rings. The van der Waals surface area contributed by atoms with Crippen LogP contribution in [0.2, 0.25) is 6.04 Å². The molecule has 1 atom stereocenters. The van der Waals surface area contributed by atoms with Crippen LogP contribution < -0.4 is 0 Å². The Morgan fingerprint density at radius 3 is 1.48 bits per heavy atom. The van der Waals surface area contributed by atoms with Crippen molar-refractivity contribution in [2.24, 2.45) is 0 Å². The van der Waals surface area contributed by atoms with E-state index in [-0.39, 0.29) is 6.10 Å². The van der Waals surface area contributed by atoms with Gasteiger partial charge in [-0.15, -0.1) is 0 Å². The largest absolute Gasteiger partial charge is 0.500 e. The molecule has 4 heteroatoms.